The van der Waals surface area contributed by atoms with Crippen LogP contribution in [0.5, 0.6) is 0 Å². The Labute approximate surface area is 104 Å². The van der Waals surface area contributed by atoms with Crippen molar-refractivity contribution in [1.29, 1.82) is 0 Å². The van der Waals surface area contributed by atoms with E-state index in [1.165, 1.54) is 23.0 Å². The average molecular weight is 247 g/mol. The first-order valence-corrected chi connectivity index (χ1v) is 5.67. The normalized spacial score (nSPS) is 10.6. The molecule has 1 heterocycles. The highest BCUT2D eigenvalue weighted by molar-refractivity contribution is 5.87. The van der Waals surface area contributed by atoms with Crippen LogP contribution in [0.1, 0.15) is 29.4 Å². The summed E-state index contributed by atoms with van der Waals surface area (Å²) in [4.78, 5) is 11.0. The van der Waals surface area contributed by atoms with Gasteiger partial charge >= 0.3 is 0 Å². The molecule has 5 heteroatoms. The molecule has 18 heavy (non-hydrogen) atoms. The van der Waals surface area contributed by atoms with Gasteiger partial charge in [0, 0.05) is 5.56 Å². The number of rotatable bonds is 4. The fraction of sp³-hybridized carbons (Fsp3) is 0.231. The third kappa shape index (κ3) is 2.25. The molecule has 0 saturated heterocycles. The molecule has 0 amide bonds. The van der Waals surface area contributed by atoms with Crippen LogP contribution in [0.25, 0.3) is 5.69 Å². The highest BCUT2D eigenvalue weighted by Crippen LogP contribution is 2.16. The minimum absolute atomic E-state index is 0.0844. The lowest BCUT2D eigenvalue weighted by Gasteiger charge is -2.09. The predicted molar refractivity (Wildman–Crippen MR) is 61.8 cm³/mol. The van der Waals surface area contributed by atoms with Gasteiger partial charge in [0.1, 0.15) is 5.82 Å². The molecular weight excluding hydrogens is 235 g/mol. The van der Waals surface area contributed by atoms with Crippen molar-refractivity contribution < 1.29 is 14.3 Å². The van der Waals surface area contributed by atoms with Crippen LogP contribution in [0.3, 0.4) is 0 Å². The third-order valence-electron chi connectivity index (χ3n) is 2.65. The Morgan fingerprint density at radius 3 is 2.61 bits per heavy atom. The van der Waals surface area contributed by atoms with Gasteiger partial charge in [0.25, 0.3) is 0 Å². The van der Waals surface area contributed by atoms with E-state index in [0.29, 0.717) is 17.8 Å². The summed E-state index contributed by atoms with van der Waals surface area (Å²) in [5.41, 5.74) is 1.29. The standard InChI is InChI=1S/C13H13FN2O2/c1-2-3-12-11(13(17)18)8-15-16(12)10-6-4-9(14)5-7-10/h4-8H,2-3H2,1H3,(H,17,18)/p-1. The number of aromatic nitrogens is 2. The van der Waals surface area contributed by atoms with Crippen LogP contribution in [0.4, 0.5) is 4.39 Å². The molecule has 0 aliphatic carbocycles. The van der Waals surface area contributed by atoms with Gasteiger partial charge in [-0.3, -0.25) is 0 Å². The van der Waals surface area contributed by atoms with Crippen molar-refractivity contribution in [3.8, 4) is 5.69 Å². The van der Waals surface area contributed by atoms with Gasteiger partial charge in [-0.05, 0) is 30.7 Å². The van der Waals surface area contributed by atoms with E-state index in [1.807, 2.05) is 6.92 Å². The average Bonchev–Trinajstić information content (AvgIpc) is 2.74. The summed E-state index contributed by atoms with van der Waals surface area (Å²) < 4.78 is 14.4. The van der Waals surface area contributed by atoms with Gasteiger partial charge < -0.3 is 9.90 Å². The van der Waals surface area contributed by atoms with Crippen molar-refractivity contribution in [2.45, 2.75) is 19.8 Å². The van der Waals surface area contributed by atoms with Gasteiger partial charge in [0.15, 0.2) is 0 Å². The van der Waals surface area contributed by atoms with Crippen LogP contribution in [0.2, 0.25) is 0 Å². The van der Waals surface area contributed by atoms with Gasteiger partial charge in [-0.1, -0.05) is 13.3 Å². The van der Waals surface area contributed by atoms with Gasteiger partial charge in [0.05, 0.1) is 23.5 Å². The third-order valence-corrected chi connectivity index (χ3v) is 2.65. The number of aromatic carboxylic acids is 1. The molecule has 0 bridgehead atoms. The maximum Gasteiger partial charge on any atom is 0.123 e. The number of benzene rings is 1. The Bertz CT molecular complexity index is 561. The Hall–Kier alpha value is -2.17. The van der Waals surface area contributed by atoms with E-state index in [4.69, 9.17) is 0 Å². The minimum Gasteiger partial charge on any atom is -0.545 e. The molecule has 0 radical (unpaired) electrons. The molecule has 0 atom stereocenters. The fourth-order valence-corrected chi connectivity index (χ4v) is 1.83. The summed E-state index contributed by atoms with van der Waals surface area (Å²) >= 11 is 0. The lowest BCUT2D eigenvalue weighted by atomic mass is 10.1. The number of hydrogen-bond acceptors (Lipinski definition) is 3. The Morgan fingerprint density at radius 1 is 1.39 bits per heavy atom. The monoisotopic (exact) mass is 247 g/mol. The molecule has 2 rings (SSSR count). The van der Waals surface area contributed by atoms with Crippen LogP contribution in [0, 0.1) is 5.82 Å². The number of carboxylic acid groups (broad SMARTS) is 1. The second kappa shape index (κ2) is 5.00. The molecule has 0 saturated carbocycles. The molecule has 0 fully saturated rings. The Balaban J connectivity index is 2.50. The van der Waals surface area contributed by atoms with Crippen LogP contribution in [-0.2, 0) is 6.42 Å². The number of hydrogen-bond donors (Lipinski definition) is 0. The molecule has 0 aliphatic rings. The van der Waals surface area contributed by atoms with Crippen LogP contribution in [0.15, 0.2) is 30.5 Å². The molecule has 0 spiro atoms. The summed E-state index contributed by atoms with van der Waals surface area (Å²) in [6, 6.07) is 5.73. The first-order valence-electron chi connectivity index (χ1n) is 5.67. The molecule has 4 nitrogen and oxygen atoms in total. The van der Waals surface area contributed by atoms with E-state index in [2.05, 4.69) is 5.10 Å². The van der Waals surface area contributed by atoms with Gasteiger partial charge in [-0.25, -0.2) is 9.07 Å². The van der Waals surface area contributed by atoms with Gasteiger partial charge in [-0.2, -0.15) is 5.10 Å². The van der Waals surface area contributed by atoms with Crippen molar-refractivity contribution >= 4 is 5.97 Å². The van der Waals surface area contributed by atoms with E-state index >= 15 is 0 Å². The maximum absolute atomic E-state index is 12.9. The number of carboxylic acids is 1. The lowest BCUT2D eigenvalue weighted by molar-refractivity contribution is -0.255. The van der Waals surface area contributed by atoms with Crippen molar-refractivity contribution in [3.63, 3.8) is 0 Å². The number of halogens is 1. The van der Waals surface area contributed by atoms with E-state index in [9.17, 15) is 14.3 Å². The summed E-state index contributed by atoms with van der Waals surface area (Å²) in [5.74, 6) is -1.59. The van der Waals surface area contributed by atoms with E-state index in [1.54, 1.807) is 12.1 Å². The molecule has 1 aromatic carbocycles. The molecule has 0 N–H and O–H groups in total. The van der Waals surface area contributed by atoms with Crippen molar-refractivity contribution in [2.24, 2.45) is 0 Å². The topological polar surface area (TPSA) is 57.9 Å². The number of carbonyl (C=O) groups is 1. The van der Waals surface area contributed by atoms with Crippen molar-refractivity contribution in [1.82, 2.24) is 9.78 Å². The summed E-state index contributed by atoms with van der Waals surface area (Å²) in [7, 11) is 0. The molecule has 94 valence electrons. The molecule has 1 aromatic heterocycles. The van der Waals surface area contributed by atoms with Gasteiger partial charge in [0.2, 0.25) is 0 Å². The van der Waals surface area contributed by atoms with Crippen LogP contribution >= 0.6 is 0 Å². The van der Waals surface area contributed by atoms with Crippen molar-refractivity contribution in [3.05, 3.63) is 47.5 Å². The molecule has 2 aromatic rings. The largest absolute Gasteiger partial charge is 0.545 e. The Kier molecular flexibility index (Phi) is 3.41. The zero-order valence-electron chi connectivity index (χ0n) is 9.89. The number of carbonyl (C=O) groups excluding carboxylic acids is 1. The fourth-order valence-electron chi connectivity index (χ4n) is 1.83. The second-order valence-electron chi connectivity index (χ2n) is 3.93. The van der Waals surface area contributed by atoms with Gasteiger partial charge in [-0.15, -0.1) is 0 Å². The van der Waals surface area contributed by atoms with E-state index < -0.39 is 5.97 Å². The molecular formula is C13H12FN2O2-. The Morgan fingerprint density at radius 2 is 2.06 bits per heavy atom. The smallest absolute Gasteiger partial charge is 0.123 e. The quantitative estimate of drug-likeness (QED) is 0.818. The van der Waals surface area contributed by atoms with E-state index in [0.717, 1.165) is 6.42 Å². The van der Waals surface area contributed by atoms with Crippen LogP contribution < -0.4 is 5.11 Å². The lowest BCUT2D eigenvalue weighted by Crippen LogP contribution is -2.23. The second-order valence-corrected chi connectivity index (χ2v) is 3.93. The maximum atomic E-state index is 12.9. The summed E-state index contributed by atoms with van der Waals surface area (Å²) in [6.07, 6.45) is 2.62. The zero-order valence-corrected chi connectivity index (χ0v) is 9.89. The predicted octanol–water partition coefficient (Wildman–Crippen LogP) is 1.33. The molecule has 0 unspecified atom stereocenters. The zero-order chi connectivity index (χ0) is 13.1. The SMILES string of the molecule is CCCc1c(C(=O)[O-])cnn1-c1ccc(F)cc1. The minimum atomic E-state index is -1.24. The number of nitrogens with zero attached hydrogens (tertiary/aromatic N) is 2. The molecule has 0 aliphatic heterocycles. The first-order chi connectivity index (χ1) is 8.63. The van der Waals surface area contributed by atoms with Crippen LogP contribution in [-0.4, -0.2) is 15.7 Å². The van der Waals surface area contributed by atoms with E-state index in [-0.39, 0.29) is 11.4 Å². The highest BCUT2D eigenvalue weighted by Gasteiger charge is 2.12. The summed E-state index contributed by atoms with van der Waals surface area (Å²) in [6.45, 7) is 1.95. The summed E-state index contributed by atoms with van der Waals surface area (Å²) in [5, 5.41) is 15.0. The van der Waals surface area contributed by atoms with Crippen molar-refractivity contribution in [2.75, 3.05) is 0 Å². The highest BCUT2D eigenvalue weighted by atomic mass is 19.1. The first kappa shape index (κ1) is 12.3.